The first-order valence-corrected chi connectivity index (χ1v) is 10.7. The number of hydrogen-bond acceptors (Lipinski definition) is 5. The van der Waals surface area contributed by atoms with Crippen molar-refractivity contribution in [2.75, 3.05) is 11.1 Å². The van der Waals surface area contributed by atoms with Gasteiger partial charge in [-0.05, 0) is 18.6 Å². The van der Waals surface area contributed by atoms with Crippen molar-refractivity contribution in [2.45, 2.75) is 31.2 Å². The number of fused-ring (bicyclic) bond motifs is 2. The Bertz CT molecular complexity index is 1430. The van der Waals surface area contributed by atoms with Gasteiger partial charge in [0.15, 0.2) is 5.82 Å². The number of para-hydroxylation sites is 1. The lowest BCUT2D eigenvalue weighted by Crippen LogP contribution is -2.32. The quantitative estimate of drug-likeness (QED) is 0.494. The number of alkyl halides is 2. The van der Waals surface area contributed by atoms with Crippen molar-refractivity contribution < 1.29 is 13.6 Å². The van der Waals surface area contributed by atoms with E-state index in [1.807, 2.05) is 54.6 Å². The first-order chi connectivity index (χ1) is 15.8. The molecule has 1 aliphatic carbocycles. The van der Waals surface area contributed by atoms with Crippen molar-refractivity contribution in [3.63, 3.8) is 0 Å². The second-order valence-electron chi connectivity index (χ2n) is 8.81. The highest BCUT2D eigenvalue weighted by atomic mass is 19.3. The normalized spacial score (nSPS) is 22.9. The lowest BCUT2D eigenvalue weighted by atomic mass is 9.78. The van der Waals surface area contributed by atoms with Gasteiger partial charge in [0.2, 0.25) is 5.91 Å². The summed E-state index contributed by atoms with van der Waals surface area (Å²) in [5.74, 6) is -2.87. The molecule has 2 aliphatic rings. The standard InChI is InChI=1S/C24H20F2N6O/c1-23(13-7-3-2-4-8-13)17-19(27)28-21(29-20(17)30-22(23)33)18-15-9-5-6-10-16(15)32(31-18)12-14-11-24(14,25)26/h2-10,14H,11-12H2,1H3,(H3,27,28,29,30,33). The van der Waals surface area contributed by atoms with E-state index in [9.17, 15) is 13.6 Å². The first-order valence-electron chi connectivity index (χ1n) is 10.7. The van der Waals surface area contributed by atoms with Gasteiger partial charge in [-0.2, -0.15) is 5.10 Å². The van der Waals surface area contributed by atoms with Crippen LogP contribution in [0.15, 0.2) is 54.6 Å². The van der Waals surface area contributed by atoms with E-state index in [4.69, 9.17) is 5.73 Å². The summed E-state index contributed by atoms with van der Waals surface area (Å²) in [5, 5.41) is 8.15. The number of benzene rings is 2. The van der Waals surface area contributed by atoms with E-state index in [1.54, 1.807) is 11.6 Å². The number of nitrogen functional groups attached to an aromatic ring is 1. The summed E-state index contributed by atoms with van der Waals surface area (Å²) in [6, 6.07) is 16.7. The topological polar surface area (TPSA) is 98.7 Å². The molecular formula is C24H20F2N6O. The maximum atomic E-state index is 13.5. The Morgan fingerprint density at radius 1 is 1.12 bits per heavy atom. The number of halogens is 2. The summed E-state index contributed by atoms with van der Waals surface area (Å²) >= 11 is 0. The third-order valence-corrected chi connectivity index (χ3v) is 6.69. The third-order valence-electron chi connectivity index (χ3n) is 6.69. The molecular weight excluding hydrogens is 426 g/mol. The number of nitrogens with zero attached hydrogens (tertiary/aromatic N) is 4. The molecule has 0 saturated heterocycles. The molecule has 1 saturated carbocycles. The van der Waals surface area contributed by atoms with E-state index in [-0.39, 0.29) is 30.5 Å². The van der Waals surface area contributed by atoms with Crippen LogP contribution in [0.2, 0.25) is 0 Å². The van der Waals surface area contributed by atoms with Gasteiger partial charge in [0.05, 0.1) is 17.6 Å². The minimum atomic E-state index is -2.64. The SMILES string of the molecule is CC1(c2ccccc2)C(=O)Nc2nc(-c3nn(CC4CC4(F)F)c4ccccc34)nc(N)c21. The monoisotopic (exact) mass is 446 g/mol. The number of amides is 1. The maximum absolute atomic E-state index is 13.5. The van der Waals surface area contributed by atoms with Gasteiger partial charge in [-0.3, -0.25) is 9.48 Å². The Labute approximate surface area is 187 Å². The summed E-state index contributed by atoms with van der Waals surface area (Å²) in [4.78, 5) is 22.1. The molecule has 1 aliphatic heterocycles. The summed E-state index contributed by atoms with van der Waals surface area (Å²) in [7, 11) is 0. The van der Waals surface area contributed by atoms with E-state index >= 15 is 0 Å². The molecule has 3 N–H and O–H groups in total. The van der Waals surface area contributed by atoms with Crippen molar-refractivity contribution in [1.82, 2.24) is 19.7 Å². The highest BCUT2D eigenvalue weighted by Gasteiger charge is 2.57. The molecule has 2 atom stereocenters. The van der Waals surface area contributed by atoms with Gasteiger partial charge in [0.1, 0.15) is 22.7 Å². The summed E-state index contributed by atoms with van der Waals surface area (Å²) in [6.07, 6.45) is -0.136. The average molecular weight is 446 g/mol. The molecule has 7 nitrogen and oxygen atoms in total. The van der Waals surface area contributed by atoms with Crippen LogP contribution in [-0.4, -0.2) is 31.6 Å². The van der Waals surface area contributed by atoms with Crippen molar-refractivity contribution >= 4 is 28.4 Å². The third kappa shape index (κ3) is 2.84. The zero-order valence-corrected chi connectivity index (χ0v) is 17.7. The highest BCUT2D eigenvalue weighted by molar-refractivity contribution is 6.09. The maximum Gasteiger partial charge on any atom is 0.253 e. The van der Waals surface area contributed by atoms with Crippen LogP contribution in [0.1, 0.15) is 24.5 Å². The molecule has 1 fully saturated rings. The van der Waals surface area contributed by atoms with Crippen LogP contribution in [-0.2, 0) is 16.8 Å². The van der Waals surface area contributed by atoms with E-state index in [0.29, 0.717) is 17.1 Å². The summed E-state index contributed by atoms with van der Waals surface area (Å²) < 4.78 is 28.7. The predicted molar refractivity (Wildman–Crippen MR) is 120 cm³/mol. The van der Waals surface area contributed by atoms with Gasteiger partial charge in [-0.25, -0.2) is 18.7 Å². The van der Waals surface area contributed by atoms with E-state index in [0.717, 1.165) is 16.5 Å². The second kappa shape index (κ2) is 6.57. The second-order valence-corrected chi connectivity index (χ2v) is 8.81. The zero-order valence-electron chi connectivity index (χ0n) is 17.7. The fourth-order valence-corrected chi connectivity index (χ4v) is 4.67. The number of aromatic nitrogens is 4. The van der Waals surface area contributed by atoms with Crippen molar-refractivity contribution in [1.29, 1.82) is 0 Å². The highest BCUT2D eigenvalue weighted by Crippen LogP contribution is 2.50. The number of nitrogens with one attached hydrogen (secondary N) is 1. The lowest BCUT2D eigenvalue weighted by Gasteiger charge is -2.23. The molecule has 0 bridgehead atoms. The van der Waals surface area contributed by atoms with Gasteiger partial charge in [-0.1, -0.05) is 48.5 Å². The molecule has 9 heteroatoms. The van der Waals surface area contributed by atoms with Gasteiger partial charge >= 0.3 is 0 Å². The fourth-order valence-electron chi connectivity index (χ4n) is 4.67. The average Bonchev–Trinajstić information content (AvgIpc) is 3.12. The molecule has 6 rings (SSSR count). The van der Waals surface area contributed by atoms with Crippen LogP contribution < -0.4 is 11.1 Å². The van der Waals surface area contributed by atoms with Crippen molar-refractivity contribution in [2.24, 2.45) is 5.92 Å². The van der Waals surface area contributed by atoms with Crippen LogP contribution in [0.4, 0.5) is 20.4 Å². The van der Waals surface area contributed by atoms with Crippen LogP contribution in [0, 0.1) is 5.92 Å². The van der Waals surface area contributed by atoms with Crippen LogP contribution in [0.5, 0.6) is 0 Å². The number of nitrogens with two attached hydrogens (primary N) is 1. The van der Waals surface area contributed by atoms with Crippen LogP contribution >= 0.6 is 0 Å². The van der Waals surface area contributed by atoms with Gasteiger partial charge < -0.3 is 11.1 Å². The number of anilines is 2. The smallest absolute Gasteiger partial charge is 0.253 e. The molecule has 2 aromatic heterocycles. The minimum absolute atomic E-state index is 0.108. The molecule has 2 aromatic carbocycles. The van der Waals surface area contributed by atoms with Gasteiger partial charge in [0.25, 0.3) is 5.92 Å². The molecule has 4 aromatic rings. The Hall–Kier alpha value is -3.88. The first kappa shape index (κ1) is 19.8. The molecule has 0 radical (unpaired) electrons. The van der Waals surface area contributed by atoms with Gasteiger partial charge in [-0.15, -0.1) is 0 Å². The van der Waals surface area contributed by atoms with Crippen molar-refractivity contribution in [3.05, 3.63) is 65.7 Å². The Morgan fingerprint density at radius 2 is 1.82 bits per heavy atom. The fraction of sp³-hybridized carbons (Fsp3) is 0.250. The van der Waals surface area contributed by atoms with Crippen LogP contribution in [0.25, 0.3) is 22.4 Å². The Kier molecular flexibility index (Phi) is 3.94. The van der Waals surface area contributed by atoms with Crippen molar-refractivity contribution in [3.8, 4) is 11.5 Å². The molecule has 3 heterocycles. The molecule has 33 heavy (non-hydrogen) atoms. The Balaban J connectivity index is 1.48. The van der Waals surface area contributed by atoms with Crippen LogP contribution in [0.3, 0.4) is 0 Å². The van der Waals surface area contributed by atoms with E-state index in [2.05, 4.69) is 20.4 Å². The summed E-state index contributed by atoms with van der Waals surface area (Å²) in [5.41, 5.74) is 7.81. The van der Waals surface area contributed by atoms with E-state index < -0.39 is 17.3 Å². The molecule has 166 valence electrons. The lowest BCUT2D eigenvalue weighted by molar-refractivity contribution is -0.119. The minimum Gasteiger partial charge on any atom is -0.383 e. The number of rotatable bonds is 4. The van der Waals surface area contributed by atoms with Gasteiger partial charge in [0, 0.05) is 17.7 Å². The number of hydrogen-bond donors (Lipinski definition) is 2. The molecule has 0 spiro atoms. The Morgan fingerprint density at radius 3 is 2.55 bits per heavy atom. The molecule has 2 unspecified atom stereocenters. The zero-order chi connectivity index (χ0) is 23.0. The van der Waals surface area contributed by atoms with E-state index in [1.165, 1.54) is 0 Å². The predicted octanol–water partition coefficient (Wildman–Crippen LogP) is 3.99. The summed E-state index contributed by atoms with van der Waals surface area (Å²) in [6.45, 7) is 1.90. The number of carbonyl (C=O) groups is 1. The molecule has 1 amide bonds. The number of carbonyl (C=O) groups excluding carboxylic acids is 1. The largest absolute Gasteiger partial charge is 0.383 e.